The Morgan fingerprint density at radius 2 is 1.86 bits per heavy atom. The SMILES string of the molecule is CC(=O)O[Si](CC(C)C)OC(C)(C)C. The van der Waals surface area contributed by atoms with E-state index in [9.17, 15) is 4.79 Å². The zero-order valence-corrected chi connectivity index (χ0v) is 11.0. The van der Waals surface area contributed by atoms with Gasteiger partial charge in [0.2, 0.25) is 0 Å². The van der Waals surface area contributed by atoms with Crippen LogP contribution in [-0.2, 0) is 13.6 Å². The first-order chi connectivity index (χ1) is 6.20. The van der Waals surface area contributed by atoms with Crippen LogP contribution in [0.1, 0.15) is 41.5 Å². The predicted molar refractivity (Wildman–Crippen MR) is 58.0 cm³/mol. The van der Waals surface area contributed by atoms with Crippen molar-refractivity contribution in [1.82, 2.24) is 0 Å². The fraction of sp³-hybridized carbons (Fsp3) is 0.900. The molecule has 83 valence electrons. The van der Waals surface area contributed by atoms with Crippen molar-refractivity contribution in [3.05, 3.63) is 0 Å². The van der Waals surface area contributed by atoms with Gasteiger partial charge in [-0.3, -0.25) is 4.79 Å². The van der Waals surface area contributed by atoms with Gasteiger partial charge in [-0.05, 0) is 26.7 Å². The minimum Gasteiger partial charge on any atom is -0.492 e. The van der Waals surface area contributed by atoms with Gasteiger partial charge in [0, 0.05) is 13.0 Å². The van der Waals surface area contributed by atoms with Crippen molar-refractivity contribution in [3.63, 3.8) is 0 Å². The van der Waals surface area contributed by atoms with Crippen molar-refractivity contribution < 1.29 is 13.6 Å². The van der Waals surface area contributed by atoms with Crippen molar-refractivity contribution in [3.8, 4) is 0 Å². The monoisotopic (exact) mass is 217 g/mol. The maximum atomic E-state index is 10.8. The van der Waals surface area contributed by atoms with Gasteiger partial charge >= 0.3 is 9.28 Å². The Morgan fingerprint density at radius 3 is 2.14 bits per heavy atom. The number of hydrogen-bond donors (Lipinski definition) is 0. The summed E-state index contributed by atoms with van der Waals surface area (Å²) >= 11 is 0. The summed E-state index contributed by atoms with van der Waals surface area (Å²) in [6.45, 7) is 11.5. The van der Waals surface area contributed by atoms with E-state index in [0.29, 0.717) is 5.92 Å². The molecule has 0 bridgehead atoms. The van der Waals surface area contributed by atoms with E-state index in [1.54, 1.807) is 0 Å². The minimum atomic E-state index is -1.45. The second kappa shape index (κ2) is 5.51. The maximum Gasteiger partial charge on any atom is 0.460 e. The molecule has 3 nitrogen and oxygen atoms in total. The quantitative estimate of drug-likeness (QED) is 0.679. The number of carbonyl (C=O) groups is 1. The molecule has 0 atom stereocenters. The third-order valence-electron chi connectivity index (χ3n) is 1.25. The first kappa shape index (κ1) is 13.6. The van der Waals surface area contributed by atoms with E-state index in [1.165, 1.54) is 6.92 Å². The van der Waals surface area contributed by atoms with Crippen LogP contribution in [0.4, 0.5) is 0 Å². The van der Waals surface area contributed by atoms with Gasteiger partial charge in [0.1, 0.15) is 0 Å². The van der Waals surface area contributed by atoms with E-state index < -0.39 is 9.28 Å². The summed E-state index contributed by atoms with van der Waals surface area (Å²) in [6.07, 6.45) is 0. The molecule has 1 radical (unpaired) electrons. The molecule has 4 heteroatoms. The Kier molecular flexibility index (Phi) is 5.37. The topological polar surface area (TPSA) is 35.5 Å². The molecule has 0 aliphatic carbocycles. The summed E-state index contributed by atoms with van der Waals surface area (Å²) in [5.41, 5.74) is -0.237. The second-order valence-corrected chi connectivity index (χ2v) is 6.34. The Hall–Kier alpha value is -0.353. The van der Waals surface area contributed by atoms with E-state index in [0.717, 1.165) is 6.04 Å². The molecule has 0 amide bonds. The highest BCUT2D eigenvalue weighted by Gasteiger charge is 2.27. The van der Waals surface area contributed by atoms with Crippen LogP contribution in [0.2, 0.25) is 6.04 Å². The first-order valence-corrected chi connectivity index (χ1v) is 6.46. The van der Waals surface area contributed by atoms with Gasteiger partial charge in [-0.15, -0.1) is 0 Å². The van der Waals surface area contributed by atoms with Gasteiger partial charge < -0.3 is 8.85 Å². The fourth-order valence-electron chi connectivity index (χ4n) is 0.939. The predicted octanol–water partition coefficient (Wildman–Crippen LogP) is 2.51. The molecule has 0 aromatic carbocycles. The number of hydrogen-bond acceptors (Lipinski definition) is 3. The van der Waals surface area contributed by atoms with Crippen LogP contribution in [-0.4, -0.2) is 20.9 Å². The minimum absolute atomic E-state index is 0.237. The molecule has 0 saturated carbocycles. The summed E-state index contributed by atoms with van der Waals surface area (Å²) < 4.78 is 10.9. The van der Waals surface area contributed by atoms with Gasteiger partial charge in [-0.1, -0.05) is 13.8 Å². The summed E-state index contributed by atoms with van der Waals surface area (Å²) in [7, 11) is -1.45. The van der Waals surface area contributed by atoms with Gasteiger partial charge in [-0.25, -0.2) is 0 Å². The maximum absolute atomic E-state index is 10.8. The Labute approximate surface area is 88.6 Å². The van der Waals surface area contributed by atoms with Gasteiger partial charge in [0.15, 0.2) is 0 Å². The lowest BCUT2D eigenvalue weighted by molar-refractivity contribution is -0.134. The summed E-state index contributed by atoms with van der Waals surface area (Å²) in [4.78, 5) is 10.8. The highest BCUT2D eigenvalue weighted by molar-refractivity contribution is 6.46. The van der Waals surface area contributed by atoms with Crippen LogP contribution >= 0.6 is 0 Å². The zero-order valence-electron chi connectivity index (χ0n) is 10.0. The molecule has 0 spiro atoms. The van der Waals surface area contributed by atoms with Gasteiger partial charge in [0.05, 0.1) is 5.60 Å². The van der Waals surface area contributed by atoms with E-state index in [1.807, 2.05) is 20.8 Å². The molecule has 14 heavy (non-hydrogen) atoms. The van der Waals surface area contributed by atoms with E-state index in [4.69, 9.17) is 8.85 Å². The van der Waals surface area contributed by atoms with Crippen LogP contribution in [0, 0.1) is 5.92 Å². The molecular formula is C10H21O3Si. The standard InChI is InChI=1S/C10H21O3Si/c1-8(2)7-14(12-9(3)11)13-10(4,5)6/h8H,7H2,1-6H3. The van der Waals surface area contributed by atoms with Crippen molar-refractivity contribution in [1.29, 1.82) is 0 Å². The van der Waals surface area contributed by atoms with Crippen LogP contribution < -0.4 is 0 Å². The Bertz CT molecular complexity index is 184. The highest BCUT2D eigenvalue weighted by atomic mass is 28.3. The molecule has 0 aliphatic heterocycles. The molecule has 0 aromatic heterocycles. The molecular weight excluding hydrogens is 196 g/mol. The summed E-state index contributed by atoms with van der Waals surface area (Å²) in [5.74, 6) is 0.245. The average Bonchev–Trinajstić information content (AvgIpc) is 1.77. The van der Waals surface area contributed by atoms with E-state index >= 15 is 0 Å². The third kappa shape index (κ3) is 8.25. The second-order valence-electron chi connectivity index (χ2n) is 4.78. The number of rotatable bonds is 4. The third-order valence-corrected chi connectivity index (χ3v) is 3.76. The van der Waals surface area contributed by atoms with E-state index in [-0.39, 0.29) is 11.6 Å². The first-order valence-electron chi connectivity index (χ1n) is 4.94. The van der Waals surface area contributed by atoms with Crippen LogP contribution in [0.25, 0.3) is 0 Å². The smallest absolute Gasteiger partial charge is 0.460 e. The molecule has 0 saturated heterocycles. The lowest BCUT2D eigenvalue weighted by Crippen LogP contribution is -2.35. The van der Waals surface area contributed by atoms with Crippen molar-refractivity contribution in [2.75, 3.05) is 0 Å². The van der Waals surface area contributed by atoms with Crippen molar-refractivity contribution >= 4 is 15.3 Å². The lowest BCUT2D eigenvalue weighted by Gasteiger charge is -2.25. The molecule has 0 unspecified atom stereocenters. The molecule has 0 rings (SSSR count). The zero-order chi connectivity index (χ0) is 11.4. The van der Waals surface area contributed by atoms with Crippen molar-refractivity contribution in [2.45, 2.75) is 53.2 Å². The largest absolute Gasteiger partial charge is 0.492 e. The number of carbonyl (C=O) groups excluding carboxylic acids is 1. The molecule has 0 N–H and O–H groups in total. The highest BCUT2D eigenvalue weighted by Crippen LogP contribution is 2.15. The lowest BCUT2D eigenvalue weighted by atomic mass is 10.2. The summed E-state index contributed by atoms with van der Waals surface area (Å²) in [5, 5.41) is 0. The normalized spacial score (nSPS) is 12.3. The van der Waals surface area contributed by atoms with Gasteiger partial charge in [0.25, 0.3) is 5.97 Å². The average molecular weight is 217 g/mol. The van der Waals surface area contributed by atoms with E-state index in [2.05, 4.69) is 13.8 Å². The molecule has 0 heterocycles. The van der Waals surface area contributed by atoms with Crippen LogP contribution in [0.5, 0.6) is 0 Å². The van der Waals surface area contributed by atoms with Crippen LogP contribution in [0.3, 0.4) is 0 Å². The molecule has 0 fully saturated rings. The summed E-state index contributed by atoms with van der Waals surface area (Å²) in [6, 6.07) is 0.835. The van der Waals surface area contributed by atoms with Crippen LogP contribution in [0.15, 0.2) is 0 Å². The van der Waals surface area contributed by atoms with Crippen molar-refractivity contribution in [2.24, 2.45) is 5.92 Å². The molecule has 0 aliphatic rings. The Morgan fingerprint density at radius 1 is 1.36 bits per heavy atom. The Balaban J connectivity index is 4.17. The molecule has 0 aromatic rings. The van der Waals surface area contributed by atoms with Gasteiger partial charge in [-0.2, -0.15) is 0 Å². The fourth-order valence-corrected chi connectivity index (χ4v) is 2.82.